The van der Waals surface area contributed by atoms with Crippen LogP contribution in [0.4, 0.5) is 45.5 Å². The van der Waals surface area contributed by atoms with Crippen molar-refractivity contribution < 1.29 is 0 Å². The second-order valence-corrected chi connectivity index (χ2v) is 30.3. The molecule has 1 fully saturated rings. The second-order valence-electron chi connectivity index (χ2n) is 30.3. The van der Waals surface area contributed by atoms with Gasteiger partial charge in [0.25, 0.3) is 6.71 Å². The van der Waals surface area contributed by atoms with Crippen molar-refractivity contribution in [3.8, 4) is 11.1 Å². The van der Waals surface area contributed by atoms with E-state index in [1.807, 2.05) is 0 Å². The van der Waals surface area contributed by atoms with E-state index >= 15 is 0 Å². The van der Waals surface area contributed by atoms with Gasteiger partial charge in [-0.2, -0.15) is 0 Å². The normalized spacial score (nSPS) is 22.9. The lowest BCUT2D eigenvalue weighted by Crippen LogP contribution is -2.62. The van der Waals surface area contributed by atoms with Crippen LogP contribution in [-0.2, 0) is 37.9 Å². The Morgan fingerprint density at radius 3 is 1.53 bits per heavy atom. The summed E-state index contributed by atoms with van der Waals surface area (Å²) in [5, 5.41) is 0. The Morgan fingerprint density at radius 1 is 0.372 bits per heavy atom. The van der Waals surface area contributed by atoms with Gasteiger partial charge >= 0.3 is 0 Å². The Hall–Kier alpha value is -6.00. The molecule has 7 aromatic rings. The highest BCUT2D eigenvalue weighted by Crippen LogP contribution is 2.63. The molecule has 3 heterocycles. The molecule has 2 atom stereocenters. The summed E-state index contributed by atoms with van der Waals surface area (Å²) in [6.45, 7) is 39.4. The maximum absolute atomic E-state index is 2.85. The Morgan fingerprint density at radius 2 is 0.897 bits per heavy atom. The summed E-state index contributed by atoms with van der Waals surface area (Å²) >= 11 is 0. The van der Waals surface area contributed by atoms with Crippen molar-refractivity contribution in [2.24, 2.45) is 0 Å². The van der Waals surface area contributed by atoms with E-state index in [1.165, 1.54) is 157 Å². The average molecular weight is 1030 g/mol. The first kappa shape index (κ1) is 51.4. The summed E-state index contributed by atoms with van der Waals surface area (Å²) in [6, 6.07) is 54.1. The summed E-state index contributed by atoms with van der Waals surface area (Å²) in [7, 11) is 0. The van der Waals surface area contributed by atoms with Crippen LogP contribution in [0.5, 0.6) is 0 Å². The summed E-state index contributed by atoms with van der Waals surface area (Å²) in [5.41, 5.74) is 27.4. The molecule has 78 heavy (non-hydrogen) atoms. The quantitative estimate of drug-likeness (QED) is 0.163. The van der Waals surface area contributed by atoms with Gasteiger partial charge in [-0.1, -0.05) is 189 Å². The van der Waals surface area contributed by atoms with Gasteiger partial charge in [0.1, 0.15) is 0 Å². The third-order valence-corrected chi connectivity index (χ3v) is 21.4. The largest absolute Gasteiger partial charge is 0.334 e. The van der Waals surface area contributed by atoms with Gasteiger partial charge in [0.2, 0.25) is 0 Å². The van der Waals surface area contributed by atoms with Crippen molar-refractivity contribution in [1.82, 2.24) is 0 Å². The lowest BCUT2D eigenvalue weighted by Gasteiger charge is -2.51. The smallest absolute Gasteiger partial charge is 0.252 e. The van der Waals surface area contributed by atoms with E-state index in [1.54, 1.807) is 0 Å². The molecule has 3 aliphatic carbocycles. The van der Waals surface area contributed by atoms with Gasteiger partial charge in [-0.15, -0.1) is 0 Å². The Kier molecular flexibility index (Phi) is 11.1. The molecule has 0 N–H and O–H groups in total. The standard InChI is InChI=1S/C74H86BN3/c1-67(2,3)49-25-28-51(29-26-49)76-62-33-27-50(68(4,5)6)41-59(62)75-60-45-56-57(72(13,14)39-38-71(56,11)12)46-63(60)77(52-30-31-54-55(42-52)70(9,10)37-36-69(54,7)8)65-44-53(43-64(76)66(65)75)78-61-32-24-48(47-22-18-17-19-23-47)40-58(61)73(15)34-20-21-35-74(73,78)16/h17-19,22-33,40-46H,20-21,34-39H2,1-16H3. The van der Waals surface area contributed by atoms with Crippen LogP contribution in [0.3, 0.4) is 0 Å². The van der Waals surface area contributed by atoms with Crippen LogP contribution in [0.1, 0.15) is 201 Å². The molecule has 0 saturated heterocycles. The van der Waals surface area contributed by atoms with Crippen molar-refractivity contribution in [1.29, 1.82) is 0 Å². The van der Waals surface area contributed by atoms with Crippen LogP contribution in [0.25, 0.3) is 11.1 Å². The van der Waals surface area contributed by atoms with E-state index < -0.39 is 0 Å². The van der Waals surface area contributed by atoms with E-state index in [0.29, 0.717) is 0 Å². The summed E-state index contributed by atoms with van der Waals surface area (Å²) in [4.78, 5) is 8.31. The van der Waals surface area contributed by atoms with Gasteiger partial charge in [-0.05, 0) is 205 Å². The second kappa shape index (κ2) is 16.8. The van der Waals surface area contributed by atoms with Crippen LogP contribution in [0.2, 0.25) is 0 Å². The molecule has 7 aromatic carbocycles. The summed E-state index contributed by atoms with van der Waals surface area (Å²) in [5.74, 6) is 0. The van der Waals surface area contributed by atoms with Crippen molar-refractivity contribution in [3.63, 3.8) is 0 Å². The van der Waals surface area contributed by atoms with Crippen molar-refractivity contribution >= 4 is 68.6 Å². The lowest BCUT2D eigenvalue weighted by molar-refractivity contribution is 0.195. The van der Waals surface area contributed by atoms with E-state index in [0.717, 1.165) is 6.42 Å². The Bertz CT molecular complexity index is 3600. The lowest BCUT2D eigenvalue weighted by atomic mass is 9.33. The Balaban J connectivity index is 1.17. The van der Waals surface area contributed by atoms with Crippen molar-refractivity contribution in [2.75, 3.05) is 14.7 Å². The Labute approximate surface area is 470 Å². The number of hydrogen-bond donors (Lipinski definition) is 0. The number of anilines is 8. The molecule has 0 aromatic heterocycles. The van der Waals surface area contributed by atoms with Gasteiger partial charge in [0, 0.05) is 50.9 Å². The fourth-order valence-electron chi connectivity index (χ4n) is 16.0. The van der Waals surface area contributed by atoms with Gasteiger partial charge < -0.3 is 14.7 Å². The van der Waals surface area contributed by atoms with Crippen LogP contribution < -0.4 is 31.1 Å². The molecule has 2 unspecified atom stereocenters. The minimum atomic E-state index is -0.163. The molecule has 6 aliphatic rings. The molecule has 0 radical (unpaired) electrons. The zero-order valence-electron chi connectivity index (χ0n) is 50.3. The van der Waals surface area contributed by atoms with Crippen molar-refractivity contribution in [2.45, 2.75) is 206 Å². The fourth-order valence-corrected chi connectivity index (χ4v) is 16.0. The first-order valence-corrected chi connectivity index (χ1v) is 30.0. The first-order chi connectivity index (χ1) is 36.6. The molecule has 400 valence electrons. The number of nitrogens with zero attached hydrogens (tertiary/aromatic N) is 3. The highest BCUT2D eigenvalue weighted by atomic mass is 15.3. The summed E-state index contributed by atoms with van der Waals surface area (Å²) in [6.07, 6.45) is 9.46. The van der Waals surface area contributed by atoms with E-state index in [9.17, 15) is 0 Å². The molecule has 4 heteroatoms. The zero-order valence-corrected chi connectivity index (χ0v) is 50.3. The molecular weight excluding hydrogens is 942 g/mol. The molecular formula is C74H86BN3. The molecule has 0 spiro atoms. The molecule has 0 amide bonds. The number of fused-ring (bicyclic) bond motifs is 9. The van der Waals surface area contributed by atoms with Gasteiger partial charge in [-0.3, -0.25) is 0 Å². The first-order valence-electron chi connectivity index (χ1n) is 30.0. The molecule has 3 aliphatic heterocycles. The fraction of sp³-hybridized carbons (Fsp3) is 0.432. The van der Waals surface area contributed by atoms with Crippen LogP contribution >= 0.6 is 0 Å². The number of hydrogen-bond acceptors (Lipinski definition) is 3. The van der Waals surface area contributed by atoms with Gasteiger partial charge in [0.05, 0.1) is 5.54 Å². The van der Waals surface area contributed by atoms with Gasteiger partial charge in [0.15, 0.2) is 0 Å². The minimum Gasteiger partial charge on any atom is -0.334 e. The summed E-state index contributed by atoms with van der Waals surface area (Å²) < 4.78 is 0. The molecule has 0 bridgehead atoms. The average Bonchev–Trinajstić information content (AvgIpc) is 2.91. The highest BCUT2D eigenvalue weighted by molar-refractivity contribution is 7.00. The molecule has 1 saturated carbocycles. The van der Waals surface area contributed by atoms with E-state index in [4.69, 9.17) is 0 Å². The maximum atomic E-state index is 2.85. The zero-order chi connectivity index (χ0) is 55.1. The monoisotopic (exact) mass is 1030 g/mol. The number of rotatable bonds is 4. The third kappa shape index (κ3) is 7.49. The topological polar surface area (TPSA) is 9.72 Å². The predicted molar refractivity (Wildman–Crippen MR) is 337 cm³/mol. The van der Waals surface area contributed by atoms with Crippen LogP contribution in [-0.4, -0.2) is 12.3 Å². The SMILES string of the molecule is CC(C)(C)c1ccc(N2c3ccc(C(C)(C)C)cc3B3c4cc5c(cc4N(c4ccc6c(c4)C(C)(C)CCC6(C)C)c4cc(N6c7ccc(-c8ccccc8)cc7C7(C)CCCCC67C)cc2c43)C(C)(C)CCC5(C)C)cc1. The molecule has 13 rings (SSSR count). The predicted octanol–water partition coefficient (Wildman–Crippen LogP) is 18.5. The maximum Gasteiger partial charge on any atom is 0.252 e. The third-order valence-electron chi connectivity index (χ3n) is 21.4. The minimum absolute atomic E-state index is 0.00617. The van der Waals surface area contributed by atoms with Gasteiger partial charge in [-0.25, -0.2) is 0 Å². The number of benzene rings is 7. The highest BCUT2D eigenvalue weighted by Gasteiger charge is 2.58. The molecule has 3 nitrogen and oxygen atoms in total. The van der Waals surface area contributed by atoms with E-state index in [-0.39, 0.29) is 50.2 Å². The van der Waals surface area contributed by atoms with E-state index in [2.05, 4.69) is 259 Å². The van der Waals surface area contributed by atoms with Crippen LogP contribution in [0.15, 0.2) is 133 Å². The van der Waals surface area contributed by atoms with Crippen molar-refractivity contribution in [3.05, 3.63) is 172 Å². The van der Waals surface area contributed by atoms with Crippen LogP contribution in [0, 0.1) is 0 Å².